The smallest absolute Gasteiger partial charge is 0.0859 e. The Labute approximate surface area is 73.5 Å². The number of halogens is 1. The third-order valence-corrected chi connectivity index (χ3v) is 2.08. The molecular formula is C8H7BrN2. The standard InChI is InChI=1S/C8H7BrN2/c1-5-2-7-8(11-5)3-6(9)4-10-7/h3-4H,2H2,1H3. The van der Waals surface area contributed by atoms with E-state index >= 15 is 0 Å². The molecule has 1 aliphatic heterocycles. The molecule has 3 heteroatoms. The van der Waals surface area contributed by atoms with Gasteiger partial charge >= 0.3 is 0 Å². The second-order valence-corrected chi connectivity index (χ2v) is 3.56. The number of aliphatic imine (C=N–C) groups is 1. The fraction of sp³-hybridized carbons (Fsp3) is 0.250. The first kappa shape index (κ1) is 6.98. The molecule has 0 saturated heterocycles. The molecule has 0 spiro atoms. The predicted molar refractivity (Wildman–Crippen MR) is 48.4 cm³/mol. The van der Waals surface area contributed by atoms with Gasteiger partial charge in [0.2, 0.25) is 0 Å². The van der Waals surface area contributed by atoms with E-state index in [0.717, 1.165) is 28.0 Å². The summed E-state index contributed by atoms with van der Waals surface area (Å²) in [5.74, 6) is 0. The molecule has 0 fully saturated rings. The zero-order valence-electron chi connectivity index (χ0n) is 6.13. The summed E-state index contributed by atoms with van der Waals surface area (Å²) in [6.45, 7) is 2.02. The third-order valence-electron chi connectivity index (χ3n) is 1.65. The van der Waals surface area contributed by atoms with Gasteiger partial charge in [0, 0.05) is 22.8 Å². The van der Waals surface area contributed by atoms with Crippen molar-refractivity contribution in [2.45, 2.75) is 13.3 Å². The summed E-state index contributed by atoms with van der Waals surface area (Å²) in [6, 6.07) is 2.00. The van der Waals surface area contributed by atoms with Crippen molar-refractivity contribution in [3.05, 3.63) is 22.4 Å². The lowest BCUT2D eigenvalue weighted by molar-refractivity contribution is 1.16. The normalized spacial score (nSPS) is 14.5. The number of fused-ring (bicyclic) bond motifs is 1. The molecule has 0 amide bonds. The maximum absolute atomic E-state index is 4.34. The molecule has 11 heavy (non-hydrogen) atoms. The van der Waals surface area contributed by atoms with Gasteiger partial charge in [-0.3, -0.25) is 9.98 Å². The summed E-state index contributed by atoms with van der Waals surface area (Å²) >= 11 is 3.35. The molecule has 0 unspecified atom stereocenters. The Kier molecular flexibility index (Phi) is 1.53. The van der Waals surface area contributed by atoms with Crippen molar-refractivity contribution in [2.24, 2.45) is 4.99 Å². The fourth-order valence-electron chi connectivity index (χ4n) is 1.18. The van der Waals surface area contributed by atoms with Gasteiger partial charge in [-0.1, -0.05) is 0 Å². The Morgan fingerprint density at radius 3 is 3.18 bits per heavy atom. The summed E-state index contributed by atoms with van der Waals surface area (Å²) in [5.41, 5.74) is 3.24. The Bertz CT molecular complexity index is 331. The second-order valence-electron chi connectivity index (χ2n) is 2.64. The van der Waals surface area contributed by atoms with E-state index in [0.29, 0.717) is 0 Å². The number of hydrogen-bond donors (Lipinski definition) is 0. The second kappa shape index (κ2) is 2.41. The highest BCUT2D eigenvalue weighted by Crippen LogP contribution is 2.27. The Balaban J connectivity index is 2.54. The molecule has 2 heterocycles. The van der Waals surface area contributed by atoms with Crippen molar-refractivity contribution >= 4 is 27.3 Å². The lowest BCUT2D eigenvalue weighted by Gasteiger charge is -1.94. The molecule has 1 aliphatic rings. The largest absolute Gasteiger partial charge is 0.257 e. The Morgan fingerprint density at radius 1 is 1.55 bits per heavy atom. The van der Waals surface area contributed by atoms with Gasteiger partial charge in [-0.2, -0.15) is 0 Å². The predicted octanol–water partition coefficient (Wildman–Crippen LogP) is 2.49. The minimum atomic E-state index is 0.905. The van der Waals surface area contributed by atoms with Crippen LogP contribution in [0.15, 0.2) is 21.7 Å². The number of hydrogen-bond acceptors (Lipinski definition) is 2. The molecule has 0 radical (unpaired) electrons. The van der Waals surface area contributed by atoms with E-state index in [-0.39, 0.29) is 0 Å². The van der Waals surface area contributed by atoms with E-state index in [2.05, 4.69) is 25.9 Å². The Hall–Kier alpha value is -0.700. The quantitative estimate of drug-likeness (QED) is 0.647. The van der Waals surface area contributed by atoms with Crippen molar-refractivity contribution in [3.8, 4) is 0 Å². The van der Waals surface area contributed by atoms with E-state index in [1.165, 1.54) is 0 Å². The number of rotatable bonds is 0. The summed E-state index contributed by atoms with van der Waals surface area (Å²) in [5, 5.41) is 0. The van der Waals surface area contributed by atoms with Gasteiger partial charge in [-0.25, -0.2) is 0 Å². The van der Waals surface area contributed by atoms with Crippen molar-refractivity contribution in [1.29, 1.82) is 0 Å². The highest BCUT2D eigenvalue weighted by atomic mass is 79.9. The average molecular weight is 211 g/mol. The van der Waals surface area contributed by atoms with Gasteiger partial charge in [0.05, 0.1) is 11.4 Å². The fourth-order valence-corrected chi connectivity index (χ4v) is 1.50. The van der Waals surface area contributed by atoms with Gasteiger partial charge in [0.15, 0.2) is 0 Å². The van der Waals surface area contributed by atoms with Gasteiger partial charge in [-0.05, 0) is 28.9 Å². The monoisotopic (exact) mass is 210 g/mol. The van der Waals surface area contributed by atoms with Gasteiger partial charge in [-0.15, -0.1) is 0 Å². The van der Waals surface area contributed by atoms with Crippen LogP contribution in [0.5, 0.6) is 0 Å². The minimum absolute atomic E-state index is 0.905. The topological polar surface area (TPSA) is 25.2 Å². The SMILES string of the molecule is CC1=Nc2cc(Br)cnc2C1. The molecular weight excluding hydrogens is 204 g/mol. The van der Waals surface area contributed by atoms with E-state index in [1.807, 2.05) is 19.2 Å². The summed E-state index contributed by atoms with van der Waals surface area (Å²) in [6.07, 6.45) is 2.72. The number of aromatic nitrogens is 1. The third kappa shape index (κ3) is 1.20. The molecule has 2 rings (SSSR count). The molecule has 2 nitrogen and oxygen atoms in total. The highest BCUT2D eigenvalue weighted by Gasteiger charge is 2.11. The van der Waals surface area contributed by atoms with Crippen LogP contribution >= 0.6 is 15.9 Å². The van der Waals surface area contributed by atoms with Crippen LogP contribution in [-0.4, -0.2) is 10.7 Å². The van der Waals surface area contributed by atoms with Crippen LogP contribution in [0.1, 0.15) is 12.6 Å². The molecule has 0 bridgehead atoms. The van der Waals surface area contributed by atoms with Crippen molar-refractivity contribution in [2.75, 3.05) is 0 Å². The molecule has 1 aromatic heterocycles. The van der Waals surface area contributed by atoms with E-state index in [1.54, 1.807) is 0 Å². The summed E-state index contributed by atoms with van der Waals surface area (Å²) in [7, 11) is 0. The number of nitrogens with zero attached hydrogens (tertiary/aromatic N) is 2. The first-order valence-corrected chi connectivity index (χ1v) is 4.23. The van der Waals surface area contributed by atoms with E-state index < -0.39 is 0 Å². The van der Waals surface area contributed by atoms with Crippen LogP contribution in [0.3, 0.4) is 0 Å². The van der Waals surface area contributed by atoms with Gasteiger partial charge < -0.3 is 0 Å². The molecule has 0 saturated carbocycles. The first-order chi connectivity index (χ1) is 5.25. The van der Waals surface area contributed by atoms with Crippen LogP contribution in [0, 0.1) is 0 Å². The molecule has 1 aromatic rings. The number of pyridine rings is 1. The van der Waals surface area contributed by atoms with Crippen LogP contribution in [0.4, 0.5) is 5.69 Å². The lowest BCUT2D eigenvalue weighted by atomic mass is 10.2. The molecule has 0 aromatic carbocycles. The van der Waals surface area contributed by atoms with E-state index in [4.69, 9.17) is 0 Å². The van der Waals surface area contributed by atoms with Crippen molar-refractivity contribution in [3.63, 3.8) is 0 Å². The maximum Gasteiger partial charge on any atom is 0.0859 e. The van der Waals surface area contributed by atoms with Crippen LogP contribution in [0.2, 0.25) is 0 Å². The zero-order valence-corrected chi connectivity index (χ0v) is 7.72. The molecule has 0 atom stereocenters. The van der Waals surface area contributed by atoms with Crippen LogP contribution < -0.4 is 0 Å². The Morgan fingerprint density at radius 2 is 2.36 bits per heavy atom. The average Bonchev–Trinajstić information content (AvgIpc) is 2.27. The summed E-state index contributed by atoms with van der Waals surface area (Å²) < 4.78 is 0.995. The lowest BCUT2D eigenvalue weighted by Crippen LogP contribution is -1.90. The summed E-state index contributed by atoms with van der Waals surface area (Å²) in [4.78, 5) is 8.58. The van der Waals surface area contributed by atoms with Crippen LogP contribution in [-0.2, 0) is 6.42 Å². The van der Waals surface area contributed by atoms with E-state index in [9.17, 15) is 0 Å². The molecule has 0 aliphatic carbocycles. The first-order valence-electron chi connectivity index (χ1n) is 3.44. The van der Waals surface area contributed by atoms with Gasteiger partial charge in [0.25, 0.3) is 0 Å². The highest BCUT2D eigenvalue weighted by molar-refractivity contribution is 9.10. The maximum atomic E-state index is 4.34. The zero-order chi connectivity index (χ0) is 7.84. The van der Waals surface area contributed by atoms with Crippen molar-refractivity contribution in [1.82, 2.24) is 4.98 Å². The molecule has 0 N–H and O–H groups in total. The van der Waals surface area contributed by atoms with Crippen LogP contribution in [0.25, 0.3) is 0 Å². The molecule has 56 valence electrons. The minimum Gasteiger partial charge on any atom is -0.257 e. The van der Waals surface area contributed by atoms with Crippen molar-refractivity contribution < 1.29 is 0 Å². The van der Waals surface area contributed by atoms with Gasteiger partial charge in [0.1, 0.15) is 0 Å².